The fourth-order valence-corrected chi connectivity index (χ4v) is 11.8. The van der Waals surface area contributed by atoms with Crippen molar-refractivity contribution in [3.8, 4) is 11.8 Å². The summed E-state index contributed by atoms with van der Waals surface area (Å²) in [5.41, 5.74) is -1.60. The molecule has 3 aliphatic heterocycles. The van der Waals surface area contributed by atoms with Gasteiger partial charge in [-0.1, -0.05) is 24.3 Å². The maximum atomic E-state index is 13.3. The predicted molar refractivity (Wildman–Crippen MR) is 161 cm³/mol. The Kier molecular flexibility index (Phi) is 7.91. The van der Waals surface area contributed by atoms with Crippen LogP contribution in [0.4, 0.5) is 0 Å². The summed E-state index contributed by atoms with van der Waals surface area (Å²) in [6, 6.07) is 0. The molecule has 12 atom stereocenters. The number of hydrogen-bond donors (Lipinski definition) is 6. The van der Waals surface area contributed by atoms with Gasteiger partial charge in [-0.25, -0.2) is 4.99 Å². The van der Waals surface area contributed by atoms with Crippen molar-refractivity contribution in [3.63, 3.8) is 0 Å². The van der Waals surface area contributed by atoms with Gasteiger partial charge in [0.25, 0.3) is 5.96 Å². The molecule has 5 fully saturated rings. The highest BCUT2D eigenvalue weighted by atomic mass is 16.5. The van der Waals surface area contributed by atoms with Crippen molar-refractivity contribution < 1.29 is 34.9 Å². The van der Waals surface area contributed by atoms with Crippen LogP contribution >= 0.6 is 0 Å². The van der Waals surface area contributed by atoms with Gasteiger partial charge in [0.05, 0.1) is 50.5 Å². The number of carboxylic acid groups (broad SMARTS) is 1. The SMILES string of the molecule is CN=C1NCC#C[C@@H]2C[C@@H](C)[C@@]34C[C@](O)([C@@H]5CC[C@H]6CC[C@@H](O)C[C@H]6O5)C(C(=O)[O-])=C3C[C@@H]2[C@@]42C[NH+]1CC[C@@H]2CNCCO. The van der Waals surface area contributed by atoms with E-state index in [2.05, 4.69) is 34.4 Å². The quantitative estimate of drug-likeness (QED) is 0.159. The van der Waals surface area contributed by atoms with Gasteiger partial charge in [0.2, 0.25) is 0 Å². The van der Waals surface area contributed by atoms with Crippen LogP contribution in [0.15, 0.2) is 16.1 Å². The largest absolute Gasteiger partial charge is 0.545 e. The van der Waals surface area contributed by atoms with Crippen LogP contribution in [-0.4, -0.2) is 97.5 Å². The zero-order valence-electron chi connectivity index (χ0n) is 26.2. The number of guanidine groups is 1. The van der Waals surface area contributed by atoms with E-state index >= 15 is 0 Å². The minimum Gasteiger partial charge on any atom is -0.545 e. The van der Waals surface area contributed by atoms with Gasteiger partial charge in [-0.05, 0) is 81.6 Å². The summed E-state index contributed by atoms with van der Waals surface area (Å²) in [7, 11) is 1.82. The number of aliphatic carboxylic acids is 1. The molecule has 2 saturated heterocycles. The summed E-state index contributed by atoms with van der Waals surface area (Å²) in [5, 5.41) is 53.2. The second kappa shape index (κ2) is 11.4. The van der Waals surface area contributed by atoms with Gasteiger partial charge < -0.3 is 40.6 Å². The third kappa shape index (κ3) is 4.30. The van der Waals surface area contributed by atoms with Crippen LogP contribution < -0.4 is 20.6 Å². The van der Waals surface area contributed by atoms with E-state index in [-0.39, 0.29) is 47.4 Å². The number of piperidine rings is 1. The molecule has 242 valence electrons. The number of carbonyl (C=O) groups excluding carboxylic acids is 1. The number of carboxylic acids is 1. The van der Waals surface area contributed by atoms with Crippen LogP contribution in [0.5, 0.6) is 0 Å². The van der Waals surface area contributed by atoms with Crippen molar-refractivity contribution in [1.82, 2.24) is 10.6 Å². The van der Waals surface area contributed by atoms with Crippen molar-refractivity contribution in [1.29, 1.82) is 0 Å². The van der Waals surface area contributed by atoms with Crippen molar-refractivity contribution in [2.45, 2.75) is 88.6 Å². The number of fused-ring (bicyclic) bond motifs is 2. The number of aliphatic hydroxyl groups is 3. The van der Waals surface area contributed by atoms with Gasteiger partial charge in [-0.3, -0.25) is 4.90 Å². The van der Waals surface area contributed by atoms with Gasteiger partial charge in [-0.2, -0.15) is 0 Å². The molecule has 10 nitrogen and oxygen atoms in total. The van der Waals surface area contributed by atoms with E-state index in [4.69, 9.17) is 4.74 Å². The molecule has 7 rings (SSSR count). The average Bonchev–Trinajstić information content (AvgIpc) is 3.38. The molecule has 10 heteroatoms. The molecule has 0 aromatic rings. The Morgan fingerprint density at radius 3 is 2.84 bits per heavy atom. The first-order chi connectivity index (χ1) is 21.2. The molecule has 0 amide bonds. The number of quaternary nitrogens is 1. The van der Waals surface area contributed by atoms with E-state index in [9.17, 15) is 25.2 Å². The van der Waals surface area contributed by atoms with E-state index in [0.717, 1.165) is 63.3 Å². The maximum absolute atomic E-state index is 13.3. The summed E-state index contributed by atoms with van der Waals surface area (Å²) in [5.74, 6) is 7.55. The van der Waals surface area contributed by atoms with E-state index in [1.54, 1.807) is 0 Å². The zero-order chi connectivity index (χ0) is 30.9. The minimum absolute atomic E-state index is 0.0579. The monoisotopic (exact) mass is 610 g/mol. The number of rotatable bonds is 6. The molecule has 3 saturated carbocycles. The lowest BCUT2D eigenvalue weighted by molar-refractivity contribution is -0.830. The van der Waals surface area contributed by atoms with E-state index in [0.29, 0.717) is 44.7 Å². The van der Waals surface area contributed by atoms with Crippen molar-refractivity contribution >= 4 is 11.9 Å². The van der Waals surface area contributed by atoms with Crippen molar-refractivity contribution in [2.75, 3.05) is 46.4 Å². The fraction of sp³-hybridized carbons (Fsp3) is 0.824. The van der Waals surface area contributed by atoms with Crippen LogP contribution in [-0.2, 0) is 9.53 Å². The molecule has 0 aromatic carbocycles. The van der Waals surface area contributed by atoms with Gasteiger partial charge in [-0.15, -0.1) is 0 Å². The molecule has 1 unspecified atom stereocenters. The smallest absolute Gasteiger partial charge is 0.296 e. The first kappa shape index (κ1) is 30.6. The highest BCUT2D eigenvalue weighted by molar-refractivity contribution is 5.90. The molecule has 44 heavy (non-hydrogen) atoms. The summed E-state index contributed by atoms with van der Waals surface area (Å²) < 4.78 is 6.66. The van der Waals surface area contributed by atoms with Crippen molar-refractivity contribution in [2.24, 2.45) is 45.4 Å². The summed E-state index contributed by atoms with van der Waals surface area (Å²) >= 11 is 0. The number of nitrogens with one attached hydrogen (secondary N) is 3. The van der Waals surface area contributed by atoms with Gasteiger partial charge in [0, 0.05) is 42.3 Å². The molecular weight excluding hydrogens is 560 g/mol. The Morgan fingerprint density at radius 1 is 1.25 bits per heavy atom. The first-order valence-electron chi connectivity index (χ1n) is 17.1. The summed E-state index contributed by atoms with van der Waals surface area (Å²) in [4.78, 5) is 19.2. The number of hydrogen-bond acceptors (Lipinski definition) is 8. The van der Waals surface area contributed by atoms with Gasteiger partial charge in [0.15, 0.2) is 0 Å². The van der Waals surface area contributed by atoms with Crippen molar-refractivity contribution in [3.05, 3.63) is 11.1 Å². The number of nitrogens with zero attached hydrogens (tertiary/aromatic N) is 1. The minimum atomic E-state index is -1.66. The Morgan fingerprint density at radius 2 is 2.07 bits per heavy atom. The fourth-order valence-electron chi connectivity index (χ4n) is 11.8. The van der Waals surface area contributed by atoms with Crippen LogP contribution in [0.1, 0.15) is 64.7 Å². The Labute approximate surface area is 260 Å². The molecule has 3 heterocycles. The molecule has 0 radical (unpaired) electrons. The third-order valence-corrected chi connectivity index (χ3v) is 13.3. The number of allylic oxidation sites excluding steroid dienone is 1. The van der Waals surface area contributed by atoms with E-state index in [1.165, 1.54) is 4.90 Å². The van der Waals surface area contributed by atoms with Crippen LogP contribution in [0.3, 0.4) is 0 Å². The maximum Gasteiger partial charge on any atom is 0.296 e. The lowest BCUT2D eigenvalue weighted by atomic mass is 9.43. The Hall–Kier alpha value is -2.00. The van der Waals surface area contributed by atoms with E-state index in [1.807, 2.05) is 7.05 Å². The lowest BCUT2D eigenvalue weighted by Crippen LogP contribution is -3.19. The Bertz CT molecular complexity index is 1290. The molecule has 2 spiro atoms. The second-order valence-electron chi connectivity index (χ2n) is 15.0. The summed E-state index contributed by atoms with van der Waals surface area (Å²) in [6.07, 6.45) is 5.12. The zero-order valence-corrected chi connectivity index (χ0v) is 26.2. The first-order valence-corrected chi connectivity index (χ1v) is 17.1. The standard InChI is InChI=1S/C34H50N4O6/c1-20-14-22-4-3-10-37-31(35-2)38-12-9-23(17-36-11-13-39)33(19-38)25(22)16-26-29(30(41)42)34(43,18-32(20,26)33)28-8-6-21-5-7-24(40)15-27(21)44-28/h20-25,27-28,36,39-40,43H,5-19H2,1-2H3,(H,35,37)(H,41,42)/t20-,21-,22-,23-,24-,25+,27-,28+,32+,33+,34+/m1/s1. The predicted octanol–water partition coefficient (Wildman–Crippen LogP) is -1.40. The number of aliphatic hydroxyl groups excluding tert-OH is 2. The number of ether oxygens (including phenoxy) is 1. The number of aliphatic imine (C=N–C) groups is 1. The average molecular weight is 611 g/mol. The molecule has 5 bridgehead atoms. The molecule has 4 aliphatic carbocycles. The highest BCUT2D eigenvalue weighted by Crippen LogP contribution is 2.78. The highest BCUT2D eigenvalue weighted by Gasteiger charge is 2.78. The Balaban J connectivity index is 1.38. The topological polar surface area (TPSA) is 151 Å². The summed E-state index contributed by atoms with van der Waals surface area (Å²) in [6.45, 7) is 5.77. The molecule has 6 N–H and O–H groups in total. The van der Waals surface area contributed by atoms with Gasteiger partial charge >= 0.3 is 0 Å². The normalized spacial score (nSPS) is 48.6. The van der Waals surface area contributed by atoms with E-state index < -0.39 is 29.2 Å². The van der Waals surface area contributed by atoms with Crippen LogP contribution in [0.2, 0.25) is 0 Å². The lowest BCUT2D eigenvalue weighted by Gasteiger charge is -2.62. The van der Waals surface area contributed by atoms with Gasteiger partial charge in [0.1, 0.15) is 5.60 Å². The van der Waals surface area contributed by atoms with Crippen LogP contribution in [0.25, 0.3) is 0 Å². The van der Waals surface area contributed by atoms with Crippen LogP contribution in [0, 0.1) is 52.3 Å². The number of carbonyl (C=O) groups is 1. The third-order valence-electron chi connectivity index (χ3n) is 13.3. The molecule has 7 aliphatic rings. The molecular formula is C34H50N4O6. The second-order valence-corrected chi connectivity index (χ2v) is 15.0. The molecule has 0 aromatic heterocycles.